The standard InChI is InChI=1S/C15H13Cl2F3O2/c1-14(2,3)9-6-11-7(5-10(9)16)4-8(13(17)21)12(22-11)15(18,19)20/h4-6,12H,1-3H3. The molecule has 0 N–H and O–H groups in total. The maximum Gasteiger partial charge on any atom is 0.429 e. The topological polar surface area (TPSA) is 26.3 Å². The zero-order chi connectivity index (χ0) is 16.9. The first kappa shape index (κ1) is 17.2. The van der Waals surface area contributed by atoms with Crippen molar-refractivity contribution >= 4 is 34.5 Å². The Bertz CT molecular complexity index is 658. The lowest BCUT2D eigenvalue weighted by Crippen LogP contribution is -2.39. The number of carbonyl (C=O) groups excluding carboxylic acids is 1. The van der Waals surface area contributed by atoms with Gasteiger partial charge >= 0.3 is 6.18 Å². The van der Waals surface area contributed by atoms with Crippen LogP contribution in [0.2, 0.25) is 5.02 Å². The van der Waals surface area contributed by atoms with E-state index in [0.717, 1.165) is 6.08 Å². The van der Waals surface area contributed by atoms with Crippen LogP contribution in [-0.4, -0.2) is 17.5 Å². The van der Waals surface area contributed by atoms with Gasteiger partial charge in [-0.15, -0.1) is 0 Å². The molecule has 0 aliphatic carbocycles. The Hall–Kier alpha value is -1.20. The van der Waals surface area contributed by atoms with Gasteiger partial charge in [-0.2, -0.15) is 13.2 Å². The number of carbonyl (C=O) groups is 1. The van der Waals surface area contributed by atoms with Gasteiger partial charge in [-0.05, 0) is 40.8 Å². The van der Waals surface area contributed by atoms with Gasteiger partial charge in [0.25, 0.3) is 5.24 Å². The van der Waals surface area contributed by atoms with Crippen molar-refractivity contribution in [3.8, 4) is 5.75 Å². The summed E-state index contributed by atoms with van der Waals surface area (Å²) < 4.78 is 44.2. The van der Waals surface area contributed by atoms with Crippen LogP contribution in [0.15, 0.2) is 17.7 Å². The highest BCUT2D eigenvalue weighted by atomic mass is 35.5. The van der Waals surface area contributed by atoms with Gasteiger partial charge in [-0.25, -0.2) is 0 Å². The Morgan fingerprint density at radius 1 is 1.23 bits per heavy atom. The molecule has 120 valence electrons. The smallest absolute Gasteiger partial charge is 0.429 e. The first-order valence-corrected chi connectivity index (χ1v) is 7.15. The predicted octanol–water partition coefficient (Wildman–Crippen LogP) is 5.11. The van der Waals surface area contributed by atoms with Gasteiger partial charge in [0.05, 0.1) is 5.57 Å². The van der Waals surface area contributed by atoms with Gasteiger partial charge in [-0.3, -0.25) is 4.79 Å². The summed E-state index contributed by atoms with van der Waals surface area (Å²) in [6.07, 6.45) is -6.04. The van der Waals surface area contributed by atoms with E-state index in [9.17, 15) is 18.0 Å². The van der Waals surface area contributed by atoms with Crippen molar-refractivity contribution in [2.45, 2.75) is 38.5 Å². The average Bonchev–Trinajstić information content (AvgIpc) is 2.33. The molecule has 0 fully saturated rings. The highest BCUT2D eigenvalue weighted by Crippen LogP contribution is 2.42. The van der Waals surface area contributed by atoms with Crippen molar-refractivity contribution in [2.24, 2.45) is 0 Å². The highest BCUT2D eigenvalue weighted by molar-refractivity contribution is 6.68. The minimum atomic E-state index is -4.74. The van der Waals surface area contributed by atoms with Crippen molar-refractivity contribution in [1.82, 2.24) is 0 Å². The number of alkyl halides is 3. The molecule has 2 nitrogen and oxygen atoms in total. The number of hydrogen-bond donors (Lipinski definition) is 0. The van der Waals surface area contributed by atoms with Crippen LogP contribution in [0.3, 0.4) is 0 Å². The first-order chi connectivity index (χ1) is 9.91. The molecule has 0 spiro atoms. The minimum Gasteiger partial charge on any atom is -0.475 e. The van der Waals surface area contributed by atoms with Crippen molar-refractivity contribution in [1.29, 1.82) is 0 Å². The SMILES string of the molecule is CC(C)(C)c1cc2c(cc1Cl)C=C(C(=O)Cl)C(C(F)(F)F)O2. The van der Waals surface area contributed by atoms with E-state index in [-0.39, 0.29) is 11.2 Å². The zero-order valence-corrected chi connectivity index (χ0v) is 13.5. The Kier molecular flexibility index (Phi) is 4.26. The molecule has 0 aromatic heterocycles. The van der Waals surface area contributed by atoms with Gasteiger partial charge in [0.15, 0.2) is 0 Å². The van der Waals surface area contributed by atoms with Crippen molar-refractivity contribution in [3.05, 3.63) is 33.9 Å². The molecular formula is C15H13Cl2F3O2. The molecule has 22 heavy (non-hydrogen) atoms. The molecule has 1 heterocycles. The van der Waals surface area contributed by atoms with Crippen molar-refractivity contribution in [2.75, 3.05) is 0 Å². The molecular weight excluding hydrogens is 340 g/mol. The molecule has 1 aromatic rings. The summed E-state index contributed by atoms with van der Waals surface area (Å²) >= 11 is 11.4. The molecule has 1 aliphatic rings. The predicted molar refractivity (Wildman–Crippen MR) is 79.5 cm³/mol. The fourth-order valence-electron chi connectivity index (χ4n) is 2.19. The van der Waals surface area contributed by atoms with Crippen LogP contribution >= 0.6 is 23.2 Å². The zero-order valence-electron chi connectivity index (χ0n) is 12.0. The highest BCUT2D eigenvalue weighted by Gasteiger charge is 2.48. The van der Waals surface area contributed by atoms with Crippen LogP contribution in [0, 0.1) is 0 Å². The third kappa shape index (κ3) is 3.25. The lowest BCUT2D eigenvalue weighted by Gasteiger charge is -2.29. The van der Waals surface area contributed by atoms with Crippen molar-refractivity contribution < 1.29 is 22.7 Å². The normalized spacial score (nSPS) is 18.4. The summed E-state index contributed by atoms with van der Waals surface area (Å²) in [5.41, 5.74) is -0.0678. The van der Waals surface area contributed by atoms with E-state index < -0.39 is 23.1 Å². The Morgan fingerprint density at radius 3 is 2.27 bits per heavy atom. The fraction of sp³-hybridized carbons (Fsp3) is 0.400. The molecule has 0 amide bonds. The lowest BCUT2D eigenvalue weighted by molar-refractivity contribution is -0.184. The second-order valence-corrected chi connectivity index (χ2v) is 6.78. The second-order valence-electron chi connectivity index (χ2n) is 6.03. The van der Waals surface area contributed by atoms with Crippen LogP contribution < -0.4 is 4.74 Å². The van der Waals surface area contributed by atoms with E-state index in [2.05, 4.69) is 0 Å². The van der Waals surface area contributed by atoms with E-state index in [1.807, 2.05) is 20.8 Å². The van der Waals surface area contributed by atoms with Gasteiger partial charge in [0.1, 0.15) is 5.75 Å². The number of benzene rings is 1. The summed E-state index contributed by atoms with van der Waals surface area (Å²) in [6.45, 7) is 5.65. The summed E-state index contributed by atoms with van der Waals surface area (Å²) in [5, 5.41) is -0.818. The maximum absolute atomic E-state index is 13.1. The summed E-state index contributed by atoms with van der Waals surface area (Å²) in [6, 6.07) is 2.95. The molecule has 2 rings (SSSR count). The number of hydrogen-bond acceptors (Lipinski definition) is 2. The fourth-order valence-corrected chi connectivity index (χ4v) is 2.80. The van der Waals surface area contributed by atoms with Gasteiger partial charge < -0.3 is 4.74 Å². The largest absolute Gasteiger partial charge is 0.475 e. The minimum absolute atomic E-state index is 0.0262. The number of ether oxygens (including phenoxy) is 1. The quantitative estimate of drug-likeness (QED) is 0.656. The summed E-state index contributed by atoms with van der Waals surface area (Å²) in [4.78, 5) is 11.3. The van der Waals surface area contributed by atoms with Crippen LogP contribution in [0.1, 0.15) is 31.9 Å². The third-order valence-electron chi connectivity index (χ3n) is 3.27. The number of fused-ring (bicyclic) bond motifs is 1. The van der Waals surface area contributed by atoms with Crippen LogP contribution in [0.4, 0.5) is 13.2 Å². The van der Waals surface area contributed by atoms with E-state index in [1.165, 1.54) is 12.1 Å². The summed E-state index contributed by atoms with van der Waals surface area (Å²) in [5.74, 6) is 0.0262. The van der Waals surface area contributed by atoms with Crippen LogP contribution in [0.5, 0.6) is 5.75 Å². The molecule has 0 saturated carbocycles. The second kappa shape index (κ2) is 5.46. The monoisotopic (exact) mass is 352 g/mol. The van der Waals surface area contributed by atoms with Crippen molar-refractivity contribution in [3.63, 3.8) is 0 Å². The van der Waals surface area contributed by atoms with Gasteiger partial charge in [-0.1, -0.05) is 32.4 Å². The van der Waals surface area contributed by atoms with E-state index >= 15 is 0 Å². The summed E-state index contributed by atoms with van der Waals surface area (Å²) in [7, 11) is 0. The third-order valence-corrected chi connectivity index (χ3v) is 3.80. The number of rotatable bonds is 1. The molecule has 0 radical (unpaired) electrons. The molecule has 0 bridgehead atoms. The Balaban J connectivity index is 2.61. The molecule has 1 aliphatic heterocycles. The van der Waals surface area contributed by atoms with E-state index in [0.29, 0.717) is 16.1 Å². The van der Waals surface area contributed by atoms with Crippen LogP contribution in [-0.2, 0) is 10.2 Å². The Labute approximate surface area is 135 Å². The van der Waals surface area contributed by atoms with Gasteiger partial charge in [0, 0.05) is 10.6 Å². The molecule has 1 unspecified atom stereocenters. The molecule has 1 aromatic carbocycles. The molecule has 1 atom stereocenters. The van der Waals surface area contributed by atoms with E-state index in [1.54, 1.807) is 0 Å². The van der Waals surface area contributed by atoms with Gasteiger partial charge in [0.2, 0.25) is 6.10 Å². The average molecular weight is 353 g/mol. The lowest BCUT2D eigenvalue weighted by atomic mass is 9.85. The number of halogens is 5. The Morgan fingerprint density at radius 2 is 1.82 bits per heavy atom. The molecule has 7 heteroatoms. The van der Waals surface area contributed by atoms with E-state index in [4.69, 9.17) is 27.9 Å². The molecule has 0 saturated heterocycles. The maximum atomic E-state index is 13.1. The van der Waals surface area contributed by atoms with Crippen LogP contribution in [0.25, 0.3) is 6.08 Å². The first-order valence-electron chi connectivity index (χ1n) is 6.40.